The van der Waals surface area contributed by atoms with E-state index in [1.807, 2.05) is 6.92 Å². The van der Waals surface area contributed by atoms with Crippen LogP contribution in [0.5, 0.6) is 0 Å². The molecule has 0 aliphatic carbocycles. The Bertz CT molecular complexity index is 586. The number of nitrogens with one attached hydrogen (secondary N) is 1. The van der Waals surface area contributed by atoms with Gasteiger partial charge in [-0.3, -0.25) is 10.1 Å². The van der Waals surface area contributed by atoms with E-state index in [2.05, 4.69) is 5.32 Å². The van der Waals surface area contributed by atoms with E-state index in [4.69, 9.17) is 0 Å². The minimum absolute atomic E-state index is 0.0292. The number of rotatable bonds is 8. The molecular weight excluding hydrogens is 292 g/mol. The van der Waals surface area contributed by atoms with Crippen LogP contribution in [-0.2, 0) is 16.3 Å². The Kier molecular flexibility index (Phi) is 6.29. The molecule has 0 heterocycles. The van der Waals surface area contributed by atoms with Gasteiger partial charge in [0, 0.05) is 23.9 Å². The van der Waals surface area contributed by atoms with Crippen molar-refractivity contribution < 1.29 is 13.3 Å². The summed E-state index contributed by atoms with van der Waals surface area (Å²) in [6.45, 7) is 4.29. The average Bonchev–Trinajstić information content (AvgIpc) is 2.41. The van der Waals surface area contributed by atoms with Crippen molar-refractivity contribution in [3.05, 3.63) is 39.9 Å². The number of para-hydroxylation sites is 1. The molecule has 0 aliphatic rings. The highest BCUT2D eigenvalue weighted by Crippen LogP contribution is 2.21. The molecule has 0 bridgehead atoms. The van der Waals surface area contributed by atoms with Crippen molar-refractivity contribution in [1.82, 2.24) is 5.32 Å². The Morgan fingerprint density at radius 2 is 1.95 bits per heavy atom. The molecule has 0 amide bonds. The van der Waals surface area contributed by atoms with Gasteiger partial charge in [0.25, 0.3) is 5.69 Å². The molecule has 21 heavy (non-hydrogen) atoms. The lowest BCUT2D eigenvalue weighted by molar-refractivity contribution is -0.385. The number of benzene rings is 1. The molecule has 0 fully saturated rings. The fraction of sp³-hybridized carbons (Fsp3) is 0.571. The highest BCUT2D eigenvalue weighted by atomic mass is 32.2. The molecule has 0 saturated carbocycles. The molecule has 1 N–H and O–H groups in total. The topological polar surface area (TPSA) is 89.3 Å². The van der Waals surface area contributed by atoms with E-state index in [0.29, 0.717) is 18.5 Å². The van der Waals surface area contributed by atoms with E-state index in [9.17, 15) is 18.5 Å². The Morgan fingerprint density at radius 1 is 1.33 bits per heavy atom. The quantitative estimate of drug-likeness (QED) is 0.585. The summed E-state index contributed by atoms with van der Waals surface area (Å²) in [7, 11) is -3.22. The highest BCUT2D eigenvalue weighted by Gasteiger charge is 2.27. The van der Waals surface area contributed by atoms with Crippen molar-refractivity contribution in [2.75, 3.05) is 12.8 Å². The molecule has 2 unspecified atom stereocenters. The van der Waals surface area contributed by atoms with Gasteiger partial charge in [0.05, 0.1) is 10.2 Å². The summed E-state index contributed by atoms with van der Waals surface area (Å²) in [6.07, 6.45) is 2.37. The maximum absolute atomic E-state index is 11.8. The summed E-state index contributed by atoms with van der Waals surface area (Å²) >= 11 is 0. The summed E-state index contributed by atoms with van der Waals surface area (Å²) in [5.41, 5.74) is 0.577. The van der Waals surface area contributed by atoms with Crippen molar-refractivity contribution in [1.29, 1.82) is 0 Å². The third-order valence-electron chi connectivity index (χ3n) is 3.53. The lowest BCUT2D eigenvalue weighted by Crippen LogP contribution is -2.44. The second-order valence-corrected chi connectivity index (χ2v) is 7.59. The van der Waals surface area contributed by atoms with E-state index in [1.165, 1.54) is 12.3 Å². The number of nitro groups is 1. The van der Waals surface area contributed by atoms with Gasteiger partial charge >= 0.3 is 0 Å². The van der Waals surface area contributed by atoms with Crippen LogP contribution in [0.3, 0.4) is 0 Å². The summed E-state index contributed by atoms with van der Waals surface area (Å²) in [4.78, 5) is 10.6. The van der Waals surface area contributed by atoms with E-state index in [-0.39, 0.29) is 11.7 Å². The summed E-state index contributed by atoms with van der Waals surface area (Å²) in [5, 5.41) is 13.6. The van der Waals surface area contributed by atoms with Gasteiger partial charge in [-0.25, -0.2) is 8.42 Å². The van der Waals surface area contributed by atoms with Gasteiger partial charge in [0.15, 0.2) is 9.84 Å². The van der Waals surface area contributed by atoms with E-state index in [0.717, 1.165) is 6.42 Å². The zero-order chi connectivity index (χ0) is 16.0. The molecule has 0 aromatic heterocycles. The largest absolute Gasteiger partial charge is 0.312 e. The molecule has 6 nitrogen and oxygen atoms in total. The molecule has 2 atom stereocenters. The normalized spacial score (nSPS) is 14.6. The zero-order valence-electron chi connectivity index (χ0n) is 12.6. The predicted octanol–water partition coefficient (Wildman–Crippen LogP) is 1.94. The highest BCUT2D eigenvalue weighted by molar-refractivity contribution is 7.91. The van der Waals surface area contributed by atoms with Crippen LogP contribution in [0.2, 0.25) is 0 Å². The van der Waals surface area contributed by atoms with Gasteiger partial charge < -0.3 is 5.32 Å². The van der Waals surface area contributed by atoms with Crippen LogP contribution in [-0.4, -0.2) is 37.4 Å². The molecule has 0 saturated heterocycles. The number of hydrogen-bond donors (Lipinski definition) is 1. The van der Waals surface area contributed by atoms with Crippen LogP contribution >= 0.6 is 0 Å². The monoisotopic (exact) mass is 314 g/mol. The Hall–Kier alpha value is -1.47. The van der Waals surface area contributed by atoms with Gasteiger partial charge in [0.1, 0.15) is 0 Å². The lowest BCUT2D eigenvalue weighted by atomic mass is 10.0. The van der Waals surface area contributed by atoms with Gasteiger partial charge in [-0.05, 0) is 26.3 Å². The maximum Gasteiger partial charge on any atom is 0.272 e. The Labute approximate surface area is 125 Å². The number of nitro benzene ring substituents is 1. The Morgan fingerprint density at radius 3 is 2.48 bits per heavy atom. The second-order valence-electron chi connectivity index (χ2n) is 5.19. The fourth-order valence-corrected chi connectivity index (χ4v) is 2.92. The van der Waals surface area contributed by atoms with E-state index >= 15 is 0 Å². The molecule has 7 heteroatoms. The molecule has 118 valence electrons. The first kappa shape index (κ1) is 17.6. The van der Waals surface area contributed by atoms with Gasteiger partial charge in [-0.15, -0.1) is 0 Å². The number of sulfone groups is 1. The van der Waals surface area contributed by atoms with Gasteiger partial charge in [-0.2, -0.15) is 0 Å². The van der Waals surface area contributed by atoms with Crippen molar-refractivity contribution in [3.63, 3.8) is 0 Å². The number of hydrogen-bond acceptors (Lipinski definition) is 5. The average molecular weight is 314 g/mol. The van der Waals surface area contributed by atoms with Crippen LogP contribution in [0.25, 0.3) is 0 Å². The van der Waals surface area contributed by atoms with Gasteiger partial charge in [0.2, 0.25) is 0 Å². The van der Waals surface area contributed by atoms with Crippen LogP contribution in [0, 0.1) is 10.1 Å². The second kappa shape index (κ2) is 7.51. The van der Waals surface area contributed by atoms with Crippen LogP contribution < -0.4 is 5.32 Å². The van der Waals surface area contributed by atoms with Crippen LogP contribution in [0.15, 0.2) is 24.3 Å². The molecule has 0 radical (unpaired) electrons. The molecule has 1 aromatic carbocycles. The van der Waals surface area contributed by atoms with Crippen LogP contribution in [0.1, 0.15) is 25.8 Å². The maximum atomic E-state index is 11.8. The lowest BCUT2D eigenvalue weighted by Gasteiger charge is -2.24. The Balaban J connectivity index is 3.04. The zero-order valence-corrected chi connectivity index (χ0v) is 13.4. The molecule has 1 aromatic rings. The third-order valence-corrected chi connectivity index (χ3v) is 5.21. The standard InChI is InChI=1S/C14H22N2O4S/c1-4-9-15-13(11(2)21(3,19)20)10-12-7-5-6-8-14(12)16(17)18/h5-8,11,13,15H,4,9-10H2,1-3H3. The molecule has 0 aliphatic heterocycles. The van der Waals surface area contributed by atoms with Gasteiger partial charge in [-0.1, -0.05) is 25.1 Å². The van der Waals surface area contributed by atoms with Crippen molar-refractivity contribution in [2.45, 2.75) is 38.0 Å². The van der Waals surface area contributed by atoms with Crippen molar-refractivity contribution in [3.8, 4) is 0 Å². The summed E-state index contributed by atoms with van der Waals surface area (Å²) in [6, 6.07) is 6.10. The van der Waals surface area contributed by atoms with Crippen LogP contribution in [0.4, 0.5) is 5.69 Å². The third kappa shape index (κ3) is 5.09. The molecule has 1 rings (SSSR count). The molecule has 0 spiro atoms. The minimum atomic E-state index is -3.22. The minimum Gasteiger partial charge on any atom is -0.312 e. The molecular formula is C14H22N2O4S. The van der Waals surface area contributed by atoms with E-state index < -0.39 is 20.0 Å². The summed E-state index contributed by atoms with van der Waals surface area (Å²) in [5.74, 6) is 0. The SMILES string of the molecule is CCCNC(Cc1ccccc1[N+](=O)[O-])C(C)S(C)(=O)=O. The smallest absolute Gasteiger partial charge is 0.272 e. The van der Waals surface area contributed by atoms with Crippen molar-refractivity contribution in [2.24, 2.45) is 0 Å². The first-order valence-corrected chi connectivity index (χ1v) is 8.87. The first-order valence-electron chi connectivity index (χ1n) is 6.92. The first-order chi connectivity index (χ1) is 9.77. The number of nitrogens with zero attached hydrogens (tertiary/aromatic N) is 1. The van der Waals surface area contributed by atoms with E-state index in [1.54, 1.807) is 25.1 Å². The predicted molar refractivity (Wildman–Crippen MR) is 83.2 cm³/mol. The van der Waals surface area contributed by atoms with Crippen molar-refractivity contribution >= 4 is 15.5 Å². The summed E-state index contributed by atoms with van der Waals surface area (Å²) < 4.78 is 23.5. The fourth-order valence-electron chi connectivity index (χ4n) is 2.13.